The van der Waals surface area contributed by atoms with E-state index in [1.807, 2.05) is 30.3 Å². The molecule has 8 nitrogen and oxygen atoms in total. The van der Waals surface area contributed by atoms with Gasteiger partial charge in [-0.05, 0) is 25.2 Å². The fourth-order valence-electron chi connectivity index (χ4n) is 3.32. The first-order valence-electron chi connectivity index (χ1n) is 9.94. The number of hydrogen-bond donors (Lipinski definition) is 2. The highest BCUT2D eigenvalue weighted by atomic mass is 35.5. The van der Waals surface area contributed by atoms with Gasteiger partial charge in [-0.25, -0.2) is 9.97 Å². The minimum absolute atomic E-state index is 0.0638. The van der Waals surface area contributed by atoms with E-state index in [0.717, 1.165) is 42.8 Å². The van der Waals surface area contributed by atoms with Gasteiger partial charge in [0, 0.05) is 50.2 Å². The molecule has 0 atom stereocenters. The van der Waals surface area contributed by atoms with Crippen LogP contribution < -0.4 is 15.5 Å². The molecule has 2 aromatic heterocycles. The molecule has 3 heterocycles. The van der Waals surface area contributed by atoms with Gasteiger partial charge in [0.2, 0.25) is 11.9 Å². The average molecular weight is 426 g/mol. The summed E-state index contributed by atoms with van der Waals surface area (Å²) in [5.41, 5.74) is 1.50. The maximum Gasteiger partial charge on any atom is 0.228 e. The zero-order valence-electron chi connectivity index (χ0n) is 16.8. The number of para-hydroxylation sites is 1. The number of carbonyl (C=O) groups is 1. The van der Waals surface area contributed by atoms with Crippen LogP contribution in [0.25, 0.3) is 10.9 Å². The highest BCUT2D eigenvalue weighted by Gasteiger charge is 2.19. The van der Waals surface area contributed by atoms with Gasteiger partial charge in [0.05, 0.1) is 11.7 Å². The quantitative estimate of drug-likeness (QED) is 0.587. The number of rotatable bonds is 6. The van der Waals surface area contributed by atoms with Crippen molar-refractivity contribution in [3.05, 3.63) is 47.7 Å². The van der Waals surface area contributed by atoms with Crippen LogP contribution in [0, 0.1) is 0 Å². The first kappa shape index (κ1) is 20.3. The summed E-state index contributed by atoms with van der Waals surface area (Å²) in [6, 6.07) is 11.2. The first-order valence-corrected chi connectivity index (χ1v) is 10.3. The second-order valence-corrected chi connectivity index (χ2v) is 7.66. The van der Waals surface area contributed by atoms with Crippen LogP contribution in [0.1, 0.15) is 6.42 Å². The summed E-state index contributed by atoms with van der Waals surface area (Å²) < 4.78 is 0. The Morgan fingerprint density at radius 2 is 1.90 bits per heavy atom. The van der Waals surface area contributed by atoms with Crippen molar-refractivity contribution in [2.24, 2.45) is 0 Å². The lowest BCUT2D eigenvalue weighted by Crippen LogP contribution is -2.45. The van der Waals surface area contributed by atoms with Gasteiger partial charge in [0.15, 0.2) is 0 Å². The van der Waals surface area contributed by atoms with Crippen molar-refractivity contribution in [3.8, 4) is 0 Å². The van der Waals surface area contributed by atoms with Gasteiger partial charge in [0.1, 0.15) is 11.0 Å². The topological polar surface area (TPSA) is 86.3 Å². The maximum atomic E-state index is 12.2. The Hall–Kier alpha value is -2.97. The lowest BCUT2D eigenvalue weighted by Gasteiger charge is -2.32. The lowest BCUT2D eigenvalue weighted by atomic mass is 10.2. The van der Waals surface area contributed by atoms with Crippen LogP contribution in [-0.4, -0.2) is 65.5 Å². The van der Waals surface area contributed by atoms with Crippen LogP contribution in [0.2, 0.25) is 5.15 Å². The van der Waals surface area contributed by atoms with E-state index in [2.05, 4.69) is 37.4 Å². The summed E-state index contributed by atoms with van der Waals surface area (Å²) in [5, 5.41) is 7.34. The molecule has 30 heavy (non-hydrogen) atoms. The van der Waals surface area contributed by atoms with Crippen molar-refractivity contribution in [2.75, 3.05) is 55.3 Å². The smallest absolute Gasteiger partial charge is 0.228 e. The van der Waals surface area contributed by atoms with Gasteiger partial charge < -0.3 is 20.4 Å². The average Bonchev–Trinajstić information content (AvgIpc) is 2.75. The number of likely N-dealkylation sites (N-methyl/N-ethyl adjacent to an activating group) is 1. The van der Waals surface area contributed by atoms with Gasteiger partial charge in [0.25, 0.3) is 0 Å². The number of piperazine rings is 1. The Morgan fingerprint density at radius 1 is 1.13 bits per heavy atom. The Balaban J connectivity index is 1.48. The molecule has 0 radical (unpaired) electrons. The summed E-state index contributed by atoms with van der Waals surface area (Å²) in [5.74, 6) is 1.26. The molecule has 1 amide bonds. The maximum absolute atomic E-state index is 12.2. The lowest BCUT2D eigenvalue weighted by molar-refractivity contribution is -0.115. The second-order valence-electron chi connectivity index (χ2n) is 7.28. The largest absolute Gasteiger partial charge is 0.369 e. The summed E-state index contributed by atoms with van der Waals surface area (Å²) >= 11 is 6.10. The molecule has 0 spiro atoms. The molecule has 1 aliphatic heterocycles. The standard InChI is InChI=1S/C21H24ClN7O/c1-28-9-11-29(12-10-28)21-26-17-14-24-18(22)13-16(17)20(27-21)23-8-7-19(30)25-15-5-3-2-4-6-15/h2-6,13-14H,7-12H2,1H3,(H,25,30)(H,23,26,27). The molecule has 156 valence electrons. The molecule has 0 aliphatic carbocycles. The summed E-state index contributed by atoms with van der Waals surface area (Å²) in [7, 11) is 2.11. The minimum atomic E-state index is -0.0638. The molecule has 1 aromatic carbocycles. The molecule has 0 unspecified atom stereocenters. The predicted molar refractivity (Wildman–Crippen MR) is 120 cm³/mol. The number of carbonyl (C=O) groups excluding carboxylic acids is 1. The highest BCUT2D eigenvalue weighted by molar-refractivity contribution is 6.30. The van der Waals surface area contributed by atoms with Gasteiger partial charge in [-0.2, -0.15) is 4.98 Å². The Bertz CT molecular complexity index is 1020. The Morgan fingerprint density at radius 3 is 2.67 bits per heavy atom. The summed E-state index contributed by atoms with van der Waals surface area (Å²) in [4.78, 5) is 30.3. The normalized spacial score (nSPS) is 14.7. The number of hydrogen-bond acceptors (Lipinski definition) is 7. The molecular formula is C21H24ClN7O. The van der Waals surface area contributed by atoms with Crippen molar-refractivity contribution in [3.63, 3.8) is 0 Å². The van der Waals surface area contributed by atoms with E-state index in [1.165, 1.54) is 0 Å². The first-order chi connectivity index (χ1) is 14.6. The van der Waals surface area contributed by atoms with Crippen LogP contribution >= 0.6 is 11.6 Å². The summed E-state index contributed by atoms with van der Waals surface area (Å²) in [6.45, 7) is 4.09. The van der Waals surface area contributed by atoms with Crippen molar-refractivity contribution < 1.29 is 4.79 Å². The van der Waals surface area contributed by atoms with Crippen LogP contribution in [0.15, 0.2) is 42.6 Å². The molecule has 3 aromatic rings. The fraction of sp³-hybridized carbons (Fsp3) is 0.333. The number of anilines is 3. The van der Waals surface area contributed by atoms with E-state index in [1.54, 1.807) is 12.3 Å². The van der Waals surface area contributed by atoms with Crippen LogP contribution in [0.4, 0.5) is 17.5 Å². The molecule has 1 fully saturated rings. The van der Waals surface area contributed by atoms with Crippen LogP contribution in [-0.2, 0) is 4.79 Å². The van der Waals surface area contributed by atoms with Gasteiger partial charge in [-0.3, -0.25) is 4.79 Å². The molecule has 0 saturated carbocycles. The number of nitrogens with one attached hydrogen (secondary N) is 2. The Labute approximate surface area is 180 Å². The van der Waals surface area contributed by atoms with Gasteiger partial charge >= 0.3 is 0 Å². The van der Waals surface area contributed by atoms with Crippen molar-refractivity contribution in [1.82, 2.24) is 19.9 Å². The molecule has 0 bridgehead atoms. The number of nitrogens with zero attached hydrogens (tertiary/aromatic N) is 5. The SMILES string of the molecule is CN1CCN(c2nc(NCCC(=O)Nc3ccccc3)c3cc(Cl)ncc3n2)CC1. The number of aromatic nitrogens is 3. The Kier molecular flexibility index (Phi) is 6.25. The second kappa shape index (κ2) is 9.23. The molecule has 1 saturated heterocycles. The number of halogens is 1. The highest BCUT2D eigenvalue weighted by Crippen LogP contribution is 2.25. The molecular weight excluding hydrogens is 402 g/mol. The number of amides is 1. The number of fused-ring (bicyclic) bond motifs is 1. The van der Waals surface area contributed by atoms with E-state index in [0.29, 0.717) is 29.9 Å². The van der Waals surface area contributed by atoms with E-state index in [9.17, 15) is 4.79 Å². The fourth-order valence-corrected chi connectivity index (χ4v) is 3.47. The molecule has 4 rings (SSSR count). The minimum Gasteiger partial charge on any atom is -0.369 e. The number of pyridine rings is 1. The zero-order chi connectivity index (χ0) is 20.9. The molecule has 1 aliphatic rings. The van der Waals surface area contributed by atoms with Crippen molar-refractivity contribution in [2.45, 2.75) is 6.42 Å². The predicted octanol–water partition coefficient (Wildman–Crippen LogP) is 2.87. The number of benzene rings is 1. The van der Waals surface area contributed by atoms with Crippen LogP contribution in [0.3, 0.4) is 0 Å². The molecule has 9 heteroatoms. The third kappa shape index (κ3) is 4.95. The van der Waals surface area contributed by atoms with E-state index < -0.39 is 0 Å². The van der Waals surface area contributed by atoms with Crippen LogP contribution in [0.5, 0.6) is 0 Å². The monoisotopic (exact) mass is 425 g/mol. The van der Waals surface area contributed by atoms with E-state index in [-0.39, 0.29) is 5.91 Å². The third-order valence-corrected chi connectivity index (χ3v) is 5.23. The van der Waals surface area contributed by atoms with E-state index >= 15 is 0 Å². The van der Waals surface area contributed by atoms with Crippen molar-refractivity contribution >= 4 is 45.9 Å². The van der Waals surface area contributed by atoms with Gasteiger partial charge in [-0.1, -0.05) is 29.8 Å². The van der Waals surface area contributed by atoms with E-state index in [4.69, 9.17) is 16.6 Å². The third-order valence-electron chi connectivity index (χ3n) is 5.03. The molecule has 2 N–H and O–H groups in total. The summed E-state index contributed by atoms with van der Waals surface area (Å²) in [6.07, 6.45) is 1.97. The van der Waals surface area contributed by atoms with Gasteiger partial charge in [-0.15, -0.1) is 0 Å². The zero-order valence-corrected chi connectivity index (χ0v) is 17.6. The van der Waals surface area contributed by atoms with Crippen molar-refractivity contribution in [1.29, 1.82) is 0 Å².